The molecule has 2 heterocycles. The van der Waals surface area contributed by atoms with Gasteiger partial charge in [-0.25, -0.2) is 4.98 Å². The van der Waals surface area contributed by atoms with Crippen LogP contribution in [0.4, 0.5) is 0 Å². The summed E-state index contributed by atoms with van der Waals surface area (Å²) in [5.41, 5.74) is 1.03. The normalized spacial score (nSPS) is 16.1. The fourth-order valence-electron chi connectivity index (χ4n) is 2.45. The van der Waals surface area contributed by atoms with Crippen LogP contribution in [0.3, 0.4) is 0 Å². The number of ether oxygens (including phenoxy) is 1. The third-order valence-electron chi connectivity index (χ3n) is 4.16. The number of fused-ring (bicyclic) bond motifs is 1. The lowest BCUT2D eigenvalue weighted by atomic mass is 10.0. The first-order valence-electron chi connectivity index (χ1n) is 8.21. The summed E-state index contributed by atoms with van der Waals surface area (Å²) >= 11 is 1.98. The molecule has 3 rings (SSSR count). The summed E-state index contributed by atoms with van der Waals surface area (Å²) in [6.45, 7) is 8.60. The van der Waals surface area contributed by atoms with Crippen molar-refractivity contribution in [2.45, 2.75) is 61.8 Å². The highest BCUT2D eigenvalue weighted by molar-refractivity contribution is 8.00. The number of nitrogens with zero attached hydrogens (tertiary/aromatic N) is 2. The van der Waals surface area contributed by atoms with Crippen LogP contribution in [-0.2, 0) is 11.5 Å². The number of pyridine rings is 1. The van der Waals surface area contributed by atoms with Crippen molar-refractivity contribution in [1.29, 1.82) is 0 Å². The molecule has 0 spiro atoms. The Hall–Kier alpha value is -0.783. The Labute approximate surface area is 138 Å². The van der Waals surface area contributed by atoms with Gasteiger partial charge < -0.3 is 9.30 Å². The summed E-state index contributed by atoms with van der Waals surface area (Å²) in [6, 6.07) is 5.63. The molecule has 0 saturated heterocycles. The third-order valence-corrected chi connectivity index (χ3v) is 7.16. The van der Waals surface area contributed by atoms with Gasteiger partial charge in [0.1, 0.15) is 12.4 Å². The quantitative estimate of drug-likeness (QED) is 0.527. The van der Waals surface area contributed by atoms with Crippen LogP contribution in [-0.4, -0.2) is 29.5 Å². The van der Waals surface area contributed by atoms with Gasteiger partial charge in [0.05, 0.1) is 0 Å². The van der Waals surface area contributed by atoms with E-state index in [1.807, 2.05) is 18.0 Å². The second kappa shape index (κ2) is 6.77. The van der Waals surface area contributed by atoms with Gasteiger partial charge in [0.15, 0.2) is 0 Å². The fraction of sp³-hybridized carbons (Fsp3) is 0.588. The van der Waals surface area contributed by atoms with E-state index in [1.165, 1.54) is 35.6 Å². The molecule has 0 aromatic carbocycles. The Morgan fingerprint density at radius 3 is 2.86 bits per heavy atom. The minimum atomic E-state index is -1.01. The molecule has 2 aromatic heterocycles. The first-order chi connectivity index (χ1) is 10.5. The molecular weight excluding hydrogens is 308 g/mol. The van der Waals surface area contributed by atoms with E-state index in [0.29, 0.717) is 6.73 Å². The second-order valence-corrected chi connectivity index (χ2v) is 14.4. The zero-order valence-electron chi connectivity index (χ0n) is 13.8. The smallest absolute Gasteiger partial charge is 0.141 e. The van der Waals surface area contributed by atoms with E-state index < -0.39 is 8.07 Å². The molecule has 0 aliphatic heterocycles. The van der Waals surface area contributed by atoms with Gasteiger partial charge in [-0.05, 0) is 31.0 Å². The average molecular weight is 335 g/mol. The Kier molecular flexibility index (Phi) is 4.95. The Balaban J connectivity index is 1.59. The molecule has 3 nitrogen and oxygen atoms in total. The predicted molar refractivity (Wildman–Crippen MR) is 97.3 cm³/mol. The van der Waals surface area contributed by atoms with Crippen LogP contribution in [0.15, 0.2) is 29.4 Å². The standard InChI is InChI=1S/C17H26N2OSSi/c1-22(2,3)10-9-20-13-19-8-7-14-11-16(12-18-17(14)19)21-15-5-4-6-15/h7-8,11-12,15H,4-6,9-10,13H2,1-3H3. The molecule has 0 bridgehead atoms. The highest BCUT2D eigenvalue weighted by Crippen LogP contribution is 2.36. The van der Waals surface area contributed by atoms with E-state index >= 15 is 0 Å². The van der Waals surface area contributed by atoms with Gasteiger partial charge in [0, 0.05) is 42.6 Å². The molecule has 0 amide bonds. The molecular formula is C17H26N2OSSi. The maximum absolute atomic E-state index is 5.84. The molecule has 22 heavy (non-hydrogen) atoms. The first kappa shape index (κ1) is 16.1. The van der Waals surface area contributed by atoms with Crippen molar-refractivity contribution < 1.29 is 4.74 Å². The third kappa shape index (κ3) is 4.15. The Bertz CT molecular complexity index is 631. The summed E-state index contributed by atoms with van der Waals surface area (Å²) in [7, 11) is -1.01. The summed E-state index contributed by atoms with van der Waals surface area (Å²) in [5.74, 6) is 0. The van der Waals surface area contributed by atoms with Crippen LogP contribution < -0.4 is 0 Å². The van der Waals surface area contributed by atoms with Crippen molar-refractivity contribution in [3.05, 3.63) is 24.5 Å². The molecule has 0 unspecified atom stereocenters. The number of thioether (sulfide) groups is 1. The molecule has 0 N–H and O–H groups in total. The lowest BCUT2D eigenvalue weighted by molar-refractivity contribution is 0.0899. The van der Waals surface area contributed by atoms with Gasteiger partial charge in [-0.3, -0.25) is 0 Å². The number of hydrogen-bond acceptors (Lipinski definition) is 3. The van der Waals surface area contributed by atoms with Crippen molar-refractivity contribution >= 4 is 30.9 Å². The Morgan fingerprint density at radius 1 is 1.36 bits per heavy atom. The number of hydrogen-bond donors (Lipinski definition) is 0. The van der Waals surface area contributed by atoms with Gasteiger partial charge in [-0.1, -0.05) is 26.1 Å². The van der Waals surface area contributed by atoms with Crippen molar-refractivity contribution in [2.24, 2.45) is 0 Å². The van der Waals surface area contributed by atoms with Crippen molar-refractivity contribution in [3.8, 4) is 0 Å². The molecule has 2 aromatic rings. The average Bonchev–Trinajstić information content (AvgIpc) is 2.80. The molecule has 5 heteroatoms. The molecule has 1 aliphatic carbocycles. The molecule has 120 valence electrons. The SMILES string of the molecule is C[Si](C)(C)CCOCn1ccc2cc(SC3CCC3)cnc21. The zero-order valence-corrected chi connectivity index (χ0v) is 15.7. The van der Waals surface area contributed by atoms with Crippen LogP contribution in [0.2, 0.25) is 25.7 Å². The summed E-state index contributed by atoms with van der Waals surface area (Å²) in [5, 5.41) is 2.03. The van der Waals surface area contributed by atoms with E-state index in [0.717, 1.165) is 17.5 Å². The minimum Gasteiger partial charge on any atom is -0.361 e. The molecule has 0 radical (unpaired) electrons. The van der Waals surface area contributed by atoms with Crippen molar-refractivity contribution in [1.82, 2.24) is 9.55 Å². The van der Waals surface area contributed by atoms with Crippen LogP contribution >= 0.6 is 11.8 Å². The van der Waals surface area contributed by atoms with E-state index in [-0.39, 0.29) is 0 Å². The summed E-state index contributed by atoms with van der Waals surface area (Å²) in [4.78, 5) is 5.95. The fourth-order valence-corrected chi connectivity index (χ4v) is 4.47. The highest BCUT2D eigenvalue weighted by Gasteiger charge is 2.19. The topological polar surface area (TPSA) is 27.1 Å². The monoisotopic (exact) mass is 334 g/mol. The molecule has 0 atom stereocenters. The van der Waals surface area contributed by atoms with E-state index in [9.17, 15) is 0 Å². The maximum Gasteiger partial charge on any atom is 0.141 e. The lowest BCUT2D eigenvalue weighted by Gasteiger charge is -2.24. The van der Waals surface area contributed by atoms with Gasteiger partial charge in [0.2, 0.25) is 0 Å². The predicted octanol–water partition coefficient (Wildman–Crippen LogP) is 4.99. The molecule has 1 saturated carbocycles. The first-order valence-corrected chi connectivity index (χ1v) is 12.8. The largest absolute Gasteiger partial charge is 0.361 e. The van der Waals surface area contributed by atoms with E-state index in [1.54, 1.807) is 0 Å². The lowest BCUT2D eigenvalue weighted by Crippen LogP contribution is -2.22. The van der Waals surface area contributed by atoms with Crippen molar-refractivity contribution in [3.63, 3.8) is 0 Å². The number of aromatic nitrogens is 2. The van der Waals surface area contributed by atoms with Gasteiger partial charge in [-0.2, -0.15) is 0 Å². The van der Waals surface area contributed by atoms with Gasteiger partial charge >= 0.3 is 0 Å². The van der Waals surface area contributed by atoms with E-state index in [2.05, 4.69) is 47.5 Å². The van der Waals surface area contributed by atoms with Crippen LogP contribution in [0.5, 0.6) is 0 Å². The summed E-state index contributed by atoms with van der Waals surface area (Å²) in [6.07, 6.45) is 8.20. The van der Waals surface area contributed by atoms with Crippen LogP contribution in [0, 0.1) is 0 Å². The van der Waals surface area contributed by atoms with Crippen LogP contribution in [0.25, 0.3) is 11.0 Å². The maximum atomic E-state index is 5.84. The highest BCUT2D eigenvalue weighted by atomic mass is 32.2. The second-order valence-electron chi connectivity index (χ2n) is 7.39. The summed E-state index contributed by atoms with van der Waals surface area (Å²) < 4.78 is 7.94. The minimum absolute atomic E-state index is 0.607. The molecule has 1 fully saturated rings. The molecule has 1 aliphatic rings. The Morgan fingerprint density at radius 2 is 2.18 bits per heavy atom. The van der Waals surface area contributed by atoms with Gasteiger partial charge in [-0.15, -0.1) is 11.8 Å². The van der Waals surface area contributed by atoms with Crippen LogP contribution in [0.1, 0.15) is 19.3 Å². The van der Waals surface area contributed by atoms with Gasteiger partial charge in [0.25, 0.3) is 0 Å². The zero-order chi connectivity index (χ0) is 15.6. The van der Waals surface area contributed by atoms with Crippen molar-refractivity contribution in [2.75, 3.05) is 6.61 Å². The van der Waals surface area contributed by atoms with E-state index in [4.69, 9.17) is 4.74 Å². The number of rotatable bonds is 7.